The van der Waals surface area contributed by atoms with E-state index in [1.54, 1.807) is 30.6 Å². The van der Waals surface area contributed by atoms with Crippen molar-refractivity contribution in [2.24, 2.45) is 5.10 Å². The predicted octanol–water partition coefficient (Wildman–Crippen LogP) is 3.62. The molecule has 1 amide bonds. The Bertz CT molecular complexity index is 1060. The van der Waals surface area contributed by atoms with Crippen LogP contribution in [0.2, 0.25) is 5.02 Å². The number of benzene rings is 2. The summed E-state index contributed by atoms with van der Waals surface area (Å²) in [4.78, 5) is 24.9. The Labute approximate surface area is 161 Å². The predicted molar refractivity (Wildman–Crippen MR) is 107 cm³/mol. The van der Waals surface area contributed by atoms with Gasteiger partial charge in [-0.05, 0) is 42.3 Å². The van der Waals surface area contributed by atoms with E-state index < -0.39 is 5.91 Å². The van der Waals surface area contributed by atoms with Crippen molar-refractivity contribution in [2.45, 2.75) is 13.5 Å². The molecule has 27 heavy (non-hydrogen) atoms. The van der Waals surface area contributed by atoms with Gasteiger partial charge >= 0.3 is 0 Å². The molecule has 0 aliphatic carbocycles. The van der Waals surface area contributed by atoms with Crippen molar-refractivity contribution in [2.75, 3.05) is 0 Å². The van der Waals surface area contributed by atoms with Gasteiger partial charge in [0.15, 0.2) is 0 Å². The molecule has 1 aromatic heterocycles. The third-order valence-corrected chi connectivity index (χ3v) is 4.16. The molecule has 0 aliphatic heterocycles. The van der Waals surface area contributed by atoms with Crippen LogP contribution in [-0.2, 0) is 6.54 Å². The highest BCUT2D eigenvalue weighted by Gasteiger charge is 2.11. The van der Waals surface area contributed by atoms with Crippen LogP contribution in [-0.4, -0.2) is 16.7 Å². The zero-order valence-electron chi connectivity index (χ0n) is 14.7. The number of nitrogens with zero attached hydrogens (tertiary/aromatic N) is 2. The number of aryl methyl sites for hydroxylation is 1. The highest BCUT2D eigenvalue weighted by atomic mass is 35.5. The fraction of sp³-hybridized carbons (Fsp3) is 0.0952. The van der Waals surface area contributed by atoms with Crippen LogP contribution in [0, 0.1) is 6.92 Å². The number of nitrogens with one attached hydrogen (secondary N) is 1. The Morgan fingerprint density at radius 2 is 1.96 bits per heavy atom. The molecule has 3 rings (SSSR count). The number of carbonyl (C=O) groups is 1. The van der Waals surface area contributed by atoms with Gasteiger partial charge in [-0.25, -0.2) is 5.43 Å². The molecule has 0 saturated heterocycles. The average Bonchev–Trinajstić information content (AvgIpc) is 2.63. The van der Waals surface area contributed by atoms with E-state index in [-0.39, 0.29) is 11.1 Å². The van der Waals surface area contributed by atoms with E-state index in [9.17, 15) is 9.59 Å². The van der Waals surface area contributed by atoms with Gasteiger partial charge in [0.05, 0.1) is 12.8 Å². The summed E-state index contributed by atoms with van der Waals surface area (Å²) in [5.74, 6) is -0.552. The first-order chi connectivity index (χ1) is 13.0. The normalized spacial score (nSPS) is 10.9. The molecule has 3 aromatic rings. The van der Waals surface area contributed by atoms with Gasteiger partial charge in [0.2, 0.25) is 0 Å². The Morgan fingerprint density at radius 3 is 2.74 bits per heavy atom. The Hall–Kier alpha value is -3.18. The number of halogens is 1. The molecule has 0 saturated carbocycles. The number of hydrogen-bond donors (Lipinski definition) is 1. The largest absolute Gasteiger partial charge is 0.310 e. The van der Waals surface area contributed by atoms with Gasteiger partial charge in [-0.15, -0.1) is 0 Å². The smallest absolute Gasteiger partial charge is 0.276 e. The number of hydrogen-bond acceptors (Lipinski definition) is 3. The molecule has 2 aromatic carbocycles. The van der Waals surface area contributed by atoms with Gasteiger partial charge in [-0.2, -0.15) is 5.10 Å². The first-order valence-electron chi connectivity index (χ1n) is 8.37. The van der Waals surface area contributed by atoms with Crippen molar-refractivity contribution in [3.63, 3.8) is 0 Å². The molecule has 0 atom stereocenters. The molecule has 0 unspecified atom stereocenters. The summed E-state index contributed by atoms with van der Waals surface area (Å²) in [6, 6.07) is 18.1. The maximum Gasteiger partial charge on any atom is 0.276 e. The van der Waals surface area contributed by atoms with E-state index >= 15 is 0 Å². The van der Waals surface area contributed by atoms with Crippen molar-refractivity contribution in [1.29, 1.82) is 0 Å². The molecule has 0 radical (unpaired) electrons. The minimum atomic E-state index is -0.552. The van der Waals surface area contributed by atoms with Crippen LogP contribution >= 0.6 is 11.6 Å². The zero-order valence-corrected chi connectivity index (χ0v) is 15.5. The van der Waals surface area contributed by atoms with Crippen LogP contribution in [0.25, 0.3) is 0 Å². The fourth-order valence-electron chi connectivity index (χ4n) is 2.64. The SMILES string of the molecule is Cc1cccc(/C=N\NC(=O)c2cccn(Cc3cccc(Cl)c3)c2=O)c1. The van der Waals surface area contributed by atoms with Gasteiger partial charge in [-0.1, -0.05) is 53.6 Å². The molecule has 0 spiro atoms. The summed E-state index contributed by atoms with van der Waals surface area (Å²) in [6.45, 7) is 2.30. The molecule has 0 aliphatic rings. The zero-order chi connectivity index (χ0) is 19.2. The van der Waals surface area contributed by atoms with Crippen LogP contribution in [0.4, 0.5) is 0 Å². The maximum atomic E-state index is 12.6. The summed E-state index contributed by atoms with van der Waals surface area (Å²) in [5.41, 5.74) is 4.88. The van der Waals surface area contributed by atoms with E-state index in [1.807, 2.05) is 43.3 Å². The molecule has 0 bridgehead atoms. The number of aromatic nitrogens is 1. The second-order valence-electron chi connectivity index (χ2n) is 6.10. The molecule has 1 N–H and O–H groups in total. The second-order valence-corrected chi connectivity index (χ2v) is 6.53. The maximum absolute atomic E-state index is 12.6. The van der Waals surface area contributed by atoms with Crippen LogP contribution in [0.15, 0.2) is 76.8 Å². The minimum Gasteiger partial charge on any atom is -0.310 e. The Morgan fingerprint density at radius 1 is 1.15 bits per heavy atom. The van der Waals surface area contributed by atoms with E-state index in [4.69, 9.17) is 11.6 Å². The van der Waals surface area contributed by atoms with Crippen molar-refractivity contribution >= 4 is 23.7 Å². The van der Waals surface area contributed by atoms with Gasteiger partial charge in [-0.3, -0.25) is 9.59 Å². The van der Waals surface area contributed by atoms with Crippen LogP contribution in [0.5, 0.6) is 0 Å². The van der Waals surface area contributed by atoms with Crippen molar-refractivity contribution < 1.29 is 4.79 Å². The van der Waals surface area contributed by atoms with E-state index in [2.05, 4.69) is 10.5 Å². The van der Waals surface area contributed by atoms with Crippen LogP contribution in [0.3, 0.4) is 0 Å². The third-order valence-electron chi connectivity index (χ3n) is 3.93. The van der Waals surface area contributed by atoms with Gasteiger partial charge in [0, 0.05) is 11.2 Å². The van der Waals surface area contributed by atoms with Crippen molar-refractivity contribution in [3.8, 4) is 0 Å². The van der Waals surface area contributed by atoms with Crippen molar-refractivity contribution in [1.82, 2.24) is 9.99 Å². The number of rotatable bonds is 5. The first kappa shape index (κ1) is 18.6. The van der Waals surface area contributed by atoms with Crippen molar-refractivity contribution in [3.05, 3.63) is 104 Å². The quantitative estimate of drug-likeness (QED) is 0.543. The van der Waals surface area contributed by atoms with Crippen LogP contribution in [0.1, 0.15) is 27.0 Å². The summed E-state index contributed by atoms with van der Waals surface area (Å²) < 4.78 is 1.46. The Balaban J connectivity index is 1.74. The Kier molecular flexibility index (Phi) is 5.84. The summed E-state index contributed by atoms with van der Waals surface area (Å²) in [6.07, 6.45) is 3.17. The average molecular weight is 380 g/mol. The lowest BCUT2D eigenvalue weighted by molar-refractivity contribution is 0.0953. The standard InChI is InChI=1S/C21H18ClN3O2/c1-15-5-2-6-16(11-15)13-23-24-20(26)19-9-4-10-25(21(19)27)14-17-7-3-8-18(22)12-17/h2-13H,14H2,1H3,(H,24,26)/b23-13-. The van der Waals surface area contributed by atoms with Gasteiger partial charge in [0.1, 0.15) is 5.56 Å². The minimum absolute atomic E-state index is 0.0286. The lowest BCUT2D eigenvalue weighted by Gasteiger charge is -2.08. The second kappa shape index (κ2) is 8.47. The molecular formula is C21H18ClN3O2. The number of carbonyl (C=O) groups excluding carboxylic acids is 1. The third kappa shape index (κ3) is 4.92. The fourth-order valence-corrected chi connectivity index (χ4v) is 2.86. The first-order valence-corrected chi connectivity index (χ1v) is 8.75. The summed E-state index contributed by atoms with van der Waals surface area (Å²) in [5, 5.41) is 4.53. The van der Waals surface area contributed by atoms with Crippen LogP contribution < -0.4 is 11.0 Å². The lowest BCUT2D eigenvalue weighted by Crippen LogP contribution is -2.30. The van der Waals surface area contributed by atoms with E-state index in [0.717, 1.165) is 16.7 Å². The molecule has 6 heteroatoms. The lowest BCUT2D eigenvalue weighted by atomic mass is 10.2. The molecule has 5 nitrogen and oxygen atoms in total. The number of hydrazone groups is 1. The highest BCUT2D eigenvalue weighted by Crippen LogP contribution is 2.11. The topological polar surface area (TPSA) is 63.5 Å². The number of amides is 1. The molecule has 1 heterocycles. The number of pyridine rings is 1. The van der Waals surface area contributed by atoms with Gasteiger partial charge < -0.3 is 4.57 Å². The molecular weight excluding hydrogens is 362 g/mol. The highest BCUT2D eigenvalue weighted by molar-refractivity contribution is 6.30. The molecule has 136 valence electrons. The van der Waals surface area contributed by atoms with Gasteiger partial charge in [0.25, 0.3) is 11.5 Å². The van der Waals surface area contributed by atoms with E-state index in [0.29, 0.717) is 11.6 Å². The molecule has 0 fully saturated rings. The monoisotopic (exact) mass is 379 g/mol. The van der Waals surface area contributed by atoms with E-state index in [1.165, 1.54) is 10.6 Å². The summed E-state index contributed by atoms with van der Waals surface area (Å²) >= 11 is 5.98. The summed E-state index contributed by atoms with van der Waals surface area (Å²) in [7, 11) is 0.